The number of anilines is 1. The Bertz CT molecular complexity index is 876. The zero-order valence-corrected chi connectivity index (χ0v) is 14.2. The molecule has 0 saturated heterocycles. The van der Waals surface area contributed by atoms with Gasteiger partial charge in [0.2, 0.25) is 0 Å². The number of hydrogen-bond acceptors (Lipinski definition) is 5. The fraction of sp³-hybridized carbons (Fsp3) is 0.188. The molecule has 0 radical (unpaired) electrons. The summed E-state index contributed by atoms with van der Waals surface area (Å²) >= 11 is 0. The third kappa shape index (κ3) is 3.60. The SMILES string of the molecule is COc1ccc(S(=O)(=O)Nc2cc(C(=O)O)ccc2C)cc1OC. The first kappa shape index (κ1) is 17.6. The molecule has 0 amide bonds. The second-order valence-corrected chi connectivity index (χ2v) is 6.64. The van der Waals surface area contributed by atoms with Crippen LogP contribution in [0.4, 0.5) is 5.69 Å². The molecule has 7 nitrogen and oxygen atoms in total. The molecular formula is C16H17NO6S. The van der Waals surface area contributed by atoms with Crippen molar-refractivity contribution < 1.29 is 27.8 Å². The van der Waals surface area contributed by atoms with E-state index in [-0.39, 0.29) is 21.9 Å². The predicted octanol–water partition coefficient (Wildman–Crippen LogP) is 2.51. The molecule has 0 bridgehead atoms. The van der Waals surface area contributed by atoms with Crippen molar-refractivity contribution in [3.8, 4) is 11.5 Å². The van der Waals surface area contributed by atoms with Crippen molar-refractivity contribution >= 4 is 21.7 Å². The van der Waals surface area contributed by atoms with Crippen LogP contribution >= 0.6 is 0 Å². The van der Waals surface area contributed by atoms with Gasteiger partial charge >= 0.3 is 5.97 Å². The summed E-state index contributed by atoms with van der Waals surface area (Å²) in [6.45, 7) is 1.68. The molecule has 0 aromatic heterocycles. The maximum absolute atomic E-state index is 12.5. The van der Waals surface area contributed by atoms with Gasteiger partial charge in [-0.1, -0.05) is 6.07 Å². The lowest BCUT2D eigenvalue weighted by Gasteiger charge is -2.13. The van der Waals surface area contributed by atoms with Crippen LogP contribution in [0.1, 0.15) is 15.9 Å². The van der Waals surface area contributed by atoms with E-state index in [1.165, 1.54) is 50.6 Å². The third-order valence-corrected chi connectivity index (χ3v) is 4.76. The van der Waals surface area contributed by atoms with Crippen LogP contribution in [0.15, 0.2) is 41.3 Å². The number of rotatable bonds is 6. The van der Waals surface area contributed by atoms with E-state index < -0.39 is 16.0 Å². The predicted molar refractivity (Wildman–Crippen MR) is 88.5 cm³/mol. The number of nitrogens with one attached hydrogen (secondary N) is 1. The number of aromatic carboxylic acids is 1. The van der Waals surface area contributed by atoms with Gasteiger partial charge in [-0.05, 0) is 36.8 Å². The van der Waals surface area contributed by atoms with Crippen molar-refractivity contribution in [2.24, 2.45) is 0 Å². The van der Waals surface area contributed by atoms with Gasteiger partial charge in [0.1, 0.15) is 0 Å². The van der Waals surface area contributed by atoms with Gasteiger partial charge in [0, 0.05) is 6.07 Å². The molecule has 0 heterocycles. The second kappa shape index (κ2) is 6.79. The largest absolute Gasteiger partial charge is 0.493 e. The van der Waals surface area contributed by atoms with Crippen molar-refractivity contribution in [1.82, 2.24) is 0 Å². The molecule has 2 rings (SSSR count). The lowest BCUT2D eigenvalue weighted by atomic mass is 10.1. The van der Waals surface area contributed by atoms with Gasteiger partial charge in [0.15, 0.2) is 11.5 Å². The standard InChI is InChI=1S/C16H17NO6S/c1-10-4-5-11(16(18)19)8-13(10)17-24(20,21)12-6-7-14(22-2)15(9-12)23-3/h4-9,17H,1-3H3,(H,18,19). The molecule has 24 heavy (non-hydrogen) atoms. The minimum Gasteiger partial charge on any atom is -0.493 e. The Hall–Kier alpha value is -2.74. The molecule has 0 saturated carbocycles. The number of sulfonamides is 1. The van der Waals surface area contributed by atoms with Crippen LogP contribution in [0.3, 0.4) is 0 Å². The Kier molecular flexibility index (Phi) is 4.99. The van der Waals surface area contributed by atoms with Crippen LogP contribution in [0, 0.1) is 6.92 Å². The van der Waals surface area contributed by atoms with Crippen LogP contribution in [0.2, 0.25) is 0 Å². The minimum atomic E-state index is -3.91. The number of hydrogen-bond donors (Lipinski definition) is 2. The number of methoxy groups -OCH3 is 2. The Morgan fingerprint density at radius 3 is 2.29 bits per heavy atom. The fourth-order valence-electron chi connectivity index (χ4n) is 2.05. The summed E-state index contributed by atoms with van der Waals surface area (Å²) in [6.07, 6.45) is 0. The zero-order valence-electron chi connectivity index (χ0n) is 13.4. The summed E-state index contributed by atoms with van der Waals surface area (Å²) in [4.78, 5) is 11.0. The van der Waals surface area contributed by atoms with Gasteiger partial charge in [-0.15, -0.1) is 0 Å². The van der Waals surface area contributed by atoms with E-state index in [1.54, 1.807) is 6.92 Å². The summed E-state index contributed by atoms with van der Waals surface area (Å²) in [5.74, 6) is -0.460. The second-order valence-electron chi connectivity index (χ2n) is 4.96. The zero-order chi connectivity index (χ0) is 17.9. The van der Waals surface area contributed by atoms with E-state index in [4.69, 9.17) is 14.6 Å². The summed E-state index contributed by atoms with van der Waals surface area (Å²) in [5.41, 5.74) is 0.791. The number of ether oxygens (including phenoxy) is 2. The molecule has 2 N–H and O–H groups in total. The molecule has 0 fully saturated rings. The van der Waals surface area contributed by atoms with E-state index in [2.05, 4.69) is 4.72 Å². The normalized spacial score (nSPS) is 11.0. The minimum absolute atomic E-state index is 0.00869. The quantitative estimate of drug-likeness (QED) is 0.829. The summed E-state index contributed by atoms with van der Waals surface area (Å²) < 4.78 is 37.7. The van der Waals surface area contributed by atoms with Gasteiger partial charge < -0.3 is 14.6 Å². The first-order valence-electron chi connectivity index (χ1n) is 6.87. The van der Waals surface area contributed by atoms with Crippen molar-refractivity contribution in [2.75, 3.05) is 18.9 Å². The molecule has 0 atom stereocenters. The van der Waals surface area contributed by atoms with Crippen LogP contribution in [0.25, 0.3) is 0 Å². The van der Waals surface area contributed by atoms with Gasteiger partial charge in [-0.3, -0.25) is 4.72 Å². The monoisotopic (exact) mass is 351 g/mol. The lowest BCUT2D eigenvalue weighted by Crippen LogP contribution is -2.14. The molecule has 0 spiro atoms. The van der Waals surface area contributed by atoms with E-state index >= 15 is 0 Å². The molecule has 0 aliphatic heterocycles. The fourth-order valence-corrected chi connectivity index (χ4v) is 3.19. The first-order chi connectivity index (χ1) is 11.3. The van der Waals surface area contributed by atoms with E-state index in [0.717, 1.165) is 0 Å². The number of carbonyl (C=O) groups is 1. The van der Waals surface area contributed by atoms with E-state index in [0.29, 0.717) is 11.3 Å². The number of aryl methyl sites for hydroxylation is 1. The highest BCUT2D eigenvalue weighted by atomic mass is 32.2. The highest BCUT2D eigenvalue weighted by Gasteiger charge is 2.19. The smallest absolute Gasteiger partial charge is 0.335 e. The van der Waals surface area contributed by atoms with Crippen molar-refractivity contribution in [3.05, 3.63) is 47.5 Å². The van der Waals surface area contributed by atoms with Crippen LogP contribution in [-0.2, 0) is 10.0 Å². The number of carboxylic acid groups (broad SMARTS) is 1. The third-order valence-electron chi connectivity index (χ3n) is 3.39. The molecule has 2 aromatic carbocycles. The molecule has 0 aliphatic rings. The summed E-state index contributed by atoms with van der Waals surface area (Å²) in [7, 11) is -1.06. The average Bonchev–Trinajstić information content (AvgIpc) is 2.55. The van der Waals surface area contributed by atoms with Crippen LogP contribution in [-0.4, -0.2) is 33.7 Å². The summed E-state index contributed by atoms with van der Waals surface area (Å²) in [6, 6.07) is 8.41. The van der Waals surface area contributed by atoms with E-state index in [9.17, 15) is 13.2 Å². The van der Waals surface area contributed by atoms with Crippen molar-refractivity contribution in [3.63, 3.8) is 0 Å². The highest BCUT2D eigenvalue weighted by molar-refractivity contribution is 7.92. The molecule has 8 heteroatoms. The molecule has 128 valence electrons. The maximum atomic E-state index is 12.5. The van der Waals surface area contributed by atoms with Crippen LogP contribution < -0.4 is 14.2 Å². The molecule has 0 aliphatic carbocycles. The topological polar surface area (TPSA) is 102 Å². The maximum Gasteiger partial charge on any atom is 0.335 e. The first-order valence-corrected chi connectivity index (χ1v) is 8.35. The number of carboxylic acids is 1. The average molecular weight is 351 g/mol. The molecule has 2 aromatic rings. The Morgan fingerprint density at radius 1 is 1.04 bits per heavy atom. The number of benzene rings is 2. The summed E-state index contributed by atoms with van der Waals surface area (Å²) in [5, 5.41) is 9.03. The van der Waals surface area contributed by atoms with Gasteiger partial charge in [0.05, 0.1) is 30.4 Å². The van der Waals surface area contributed by atoms with Gasteiger partial charge in [0.25, 0.3) is 10.0 Å². The lowest BCUT2D eigenvalue weighted by molar-refractivity contribution is 0.0697. The van der Waals surface area contributed by atoms with Gasteiger partial charge in [-0.2, -0.15) is 0 Å². The van der Waals surface area contributed by atoms with Gasteiger partial charge in [-0.25, -0.2) is 13.2 Å². The molecular weight excluding hydrogens is 334 g/mol. The Balaban J connectivity index is 2.42. The van der Waals surface area contributed by atoms with E-state index in [1.807, 2.05) is 0 Å². The van der Waals surface area contributed by atoms with Crippen molar-refractivity contribution in [2.45, 2.75) is 11.8 Å². The van der Waals surface area contributed by atoms with Crippen LogP contribution in [0.5, 0.6) is 11.5 Å². The van der Waals surface area contributed by atoms with Crippen molar-refractivity contribution in [1.29, 1.82) is 0 Å². The Morgan fingerprint density at radius 2 is 1.71 bits per heavy atom. The molecule has 0 unspecified atom stereocenters. The Labute approximate surface area is 139 Å². The highest BCUT2D eigenvalue weighted by Crippen LogP contribution is 2.30.